The molecule has 0 rings (SSSR count). The minimum absolute atomic E-state index is 0.0427. The maximum Gasteiger partial charge on any atom is 0.505 e. The Labute approximate surface area is 58.7 Å². The van der Waals surface area contributed by atoms with Gasteiger partial charge in [0, 0.05) is 6.42 Å². The van der Waals surface area contributed by atoms with E-state index in [1.807, 2.05) is 0 Å². The van der Waals surface area contributed by atoms with Gasteiger partial charge in [-0.1, -0.05) is 0 Å². The molecule has 0 saturated carbocycles. The predicted octanol–water partition coefficient (Wildman–Crippen LogP) is -0.477. The third kappa shape index (κ3) is 4.38. The van der Waals surface area contributed by atoms with Crippen LogP contribution in [0.3, 0.4) is 0 Å². The van der Waals surface area contributed by atoms with Crippen LogP contribution in [-0.4, -0.2) is 28.2 Å². The van der Waals surface area contributed by atoms with Crippen LogP contribution in [0.4, 0.5) is 0 Å². The third-order valence-electron chi connectivity index (χ3n) is 0.949. The summed E-state index contributed by atoms with van der Waals surface area (Å²) in [5, 5.41) is 8.19. The van der Waals surface area contributed by atoms with Gasteiger partial charge in [-0.2, -0.15) is 4.89 Å². The van der Waals surface area contributed by atoms with Crippen molar-refractivity contribution in [1.82, 2.24) is 0 Å². The highest BCUT2D eigenvalue weighted by Gasteiger charge is 2.17. The average Bonchev–Trinajstić information content (AvgIpc) is 1.82. The molecule has 4 N–H and O–H groups in total. The molecule has 0 aliphatic rings. The molecular weight excluding hydrogens is 157 g/mol. The number of aliphatic carboxylic acids is 1. The van der Waals surface area contributed by atoms with Gasteiger partial charge < -0.3 is 10.8 Å². The van der Waals surface area contributed by atoms with Crippen LogP contribution in [0, 0.1) is 0 Å². The molecule has 0 aromatic carbocycles. The molecule has 0 aromatic heterocycles. The minimum atomic E-state index is -2.25. The van der Waals surface area contributed by atoms with Crippen molar-refractivity contribution in [3.8, 4) is 0 Å². The Morgan fingerprint density at radius 3 is 2.50 bits per heavy atom. The van der Waals surface area contributed by atoms with Gasteiger partial charge in [-0.05, 0) is 4.57 Å². The summed E-state index contributed by atoms with van der Waals surface area (Å²) < 4.78 is 10.0. The first kappa shape index (κ1) is 9.49. The van der Waals surface area contributed by atoms with E-state index in [1.54, 1.807) is 0 Å². The fraction of sp³-hybridized carbons (Fsp3) is 0.750. The normalized spacial score (nSPS) is 14.4. The van der Waals surface area contributed by atoms with Gasteiger partial charge in [-0.25, -0.2) is 0 Å². The van der Waals surface area contributed by atoms with Crippen molar-refractivity contribution in [2.45, 2.75) is 12.5 Å². The summed E-state index contributed by atoms with van der Waals surface area (Å²) >= 11 is 0. The van der Waals surface area contributed by atoms with Crippen molar-refractivity contribution in [1.29, 1.82) is 0 Å². The fourth-order valence-corrected chi connectivity index (χ4v) is 0.872. The molecule has 0 amide bonds. The van der Waals surface area contributed by atoms with E-state index in [9.17, 15) is 9.36 Å². The van der Waals surface area contributed by atoms with E-state index in [2.05, 4.69) is 0 Å². The van der Waals surface area contributed by atoms with Crippen molar-refractivity contribution in [3.05, 3.63) is 0 Å². The van der Waals surface area contributed by atoms with E-state index >= 15 is 0 Å². The SMILES string of the molecule is N[C@@H](CC[P+](=O)O)C(=O)O. The molecule has 6 heteroatoms. The molecule has 0 fully saturated rings. The summed E-state index contributed by atoms with van der Waals surface area (Å²) in [4.78, 5) is 18.3. The minimum Gasteiger partial charge on any atom is -0.480 e. The summed E-state index contributed by atoms with van der Waals surface area (Å²) in [6, 6.07) is -1.02. The first-order chi connectivity index (χ1) is 4.54. The Hall–Kier alpha value is -0.510. The first-order valence-corrected chi connectivity index (χ1v) is 4.05. The molecule has 0 saturated heterocycles. The van der Waals surface area contributed by atoms with E-state index in [1.165, 1.54) is 0 Å². The standard InChI is InChI=1S/C4H8NO4P/c5-3(4(6)7)1-2-10(8)9/h3H,1-2,5H2,(H-,6,7,8,9)/p+1/t3-/m0/s1. The van der Waals surface area contributed by atoms with Gasteiger partial charge >= 0.3 is 14.0 Å². The lowest BCUT2D eigenvalue weighted by molar-refractivity contribution is -0.138. The molecular formula is C4H9NO4P+. The Bertz CT molecular complexity index is 148. The molecule has 0 aliphatic carbocycles. The zero-order valence-corrected chi connectivity index (χ0v) is 6.12. The van der Waals surface area contributed by atoms with Crippen LogP contribution < -0.4 is 5.73 Å². The molecule has 1 unspecified atom stereocenters. The highest BCUT2D eigenvalue weighted by Crippen LogP contribution is 2.14. The summed E-state index contributed by atoms with van der Waals surface area (Å²) in [5.74, 6) is -1.14. The molecule has 0 bridgehead atoms. The molecule has 10 heavy (non-hydrogen) atoms. The molecule has 0 radical (unpaired) electrons. The zero-order chi connectivity index (χ0) is 8.15. The molecule has 58 valence electrons. The van der Waals surface area contributed by atoms with Gasteiger partial charge in [0.05, 0.1) is 0 Å². The topological polar surface area (TPSA) is 101 Å². The van der Waals surface area contributed by atoms with Gasteiger partial charge in [-0.15, -0.1) is 0 Å². The second-order valence-electron chi connectivity index (χ2n) is 1.81. The maximum atomic E-state index is 10.0. The highest BCUT2D eigenvalue weighted by molar-refractivity contribution is 7.37. The van der Waals surface area contributed by atoms with Crippen LogP contribution in [0.1, 0.15) is 6.42 Å². The smallest absolute Gasteiger partial charge is 0.480 e. The van der Waals surface area contributed by atoms with Gasteiger partial charge in [0.2, 0.25) is 0 Å². The lowest BCUT2D eigenvalue weighted by Crippen LogP contribution is -2.30. The van der Waals surface area contributed by atoms with Crippen LogP contribution in [0.5, 0.6) is 0 Å². The lowest BCUT2D eigenvalue weighted by Gasteiger charge is -1.98. The number of nitrogens with two attached hydrogens (primary N) is 1. The second-order valence-corrected chi connectivity index (χ2v) is 2.96. The zero-order valence-electron chi connectivity index (χ0n) is 5.23. The number of carboxylic acids is 1. The summed E-state index contributed by atoms with van der Waals surface area (Å²) in [7, 11) is -2.25. The maximum absolute atomic E-state index is 10.0. The average molecular weight is 166 g/mol. The van der Waals surface area contributed by atoms with Crippen LogP contribution in [0.2, 0.25) is 0 Å². The Morgan fingerprint density at radius 1 is 1.70 bits per heavy atom. The number of hydrogen-bond donors (Lipinski definition) is 3. The van der Waals surface area contributed by atoms with Crippen LogP contribution in [0.15, 0.2) is 0 Å². The number of hydrogen-bond acceptors (Lipinski definition) is 3. The largest absolute Gasteiger partial charge is 0.505 e. The van der Waals surface area contributed by atoms with Crippen molar-refractivity contribution >= 4 is 14.0 Å². The van der Waals surface area contributed by atoms with E-state index in [0.717, 1.165) is 0 Å². The summed E-state index contributed by atoms with van der Waals surface area (Å²) in [6.07, 6.45) is -0.0101. The second kappa shape index (κ2) is 4.33. The van der Waals surface area contributed by atoms with Crippen molar-refractivity contribution in [2.75, 3.05) is 6.16 Å². The first-order valence-electron chi connectivity index (χ1n) is 2.66. The van der Waals surface area contributed by atoms with E-state index in [0.29, 0.717) is 0 Å². The van der Waals surface area contributed by atoms with Crippen LogP contribution >= 0.6 is 8.03 Å². The van der Waals surface area contributed by atoms with E-state index in [-0.39, 0.29) is 12.6 Å². The predicted molar refractivity (Wildman–Crippen MR) is 34.9 cm³/mol. The van der Waals surface area contributed by atoms with Gasteiger partial charge in [-0.3, -0.25) is 4.79 Å². The molecule has 0 heterocycles. The molecule has 0 aromatic rings. The van der Waals surface area contributed by atoms with Crippen molar-refractivity contribution in [2.24, 2.45) is 5.73 Å². The monoisotopic (exact) mass is 166 g/mol. The van der Waals surface area contributed by atoms with Crippen molar-refractivity contribution in [3.63, 3.8) is 0 Å². The summed E-state index contributed by atoms with van der Waals surface area (Å²) in [5.41, 5.74) is 5.03. The number of carboxylic acid groups (broad SMARTS) is 1. The van der Waals surface area contributed by atoms with Gasteiger partial charge in [0.1, 0.15) is 6.04 Å². The van der Waals surface area contributed by atoms with Crippen molar-refractivity contribution < 1.29 is 19.4 Å². The third-order valence-corrected chi connectivity index (χ3v) is 1.59. The summed E-state index contributed by atoms with van der Waals surface area (Å²) in [6.45, 7) is 0. The molecule has 2 atom stereocenters. The van der Waals surface area contributed by atoms with Gasteiger partial charge in [0.25, 0.3) is 0 Å². The number of carbonyl (C=O) groups is 1. The Balaban J connectivity index is 3.49. The Kier molecular flexibility index (Phi) is 4.11. The number of rotatable bonds is 4. The Morgan fingerprint density at radius 2 is 2.20 bits per heavy atom. The fourth-order valence-electron chi connectivity index (χ4n) is 0.373. The highest BCUT2D eigenvalue weighted by atomic mass is 31.1. The van der Waals surface area contributed by atoms with E-state index < -0.39 is 20.0 Å². The van der Waals surface area contributed by atoms with Gasteiger partial charge in [0.15, 0.2) is 6.16 Å². The molecule has 0 spiro atoms. The van der Waals surface area contributed by atoms with E-state index in [4.69, 9.17) is 15.7 Å². The molecule has 0 aliphatic heterocycles. The quantitative estimate of drug-likeness (QED) is 0.490. The lowest BCUT2D eigenvalue weighted by atomic mass is 10.2. The van der Waals surface area contributed by atoms with Crippen LogP contribution in [0.25, 0.3) is 0 Å². The van der Waals surface area contributed by atoms with Crippen LogP contribution in [-0.2, 0) is 9.36 Å². The molecule has 5 nitrogen and oxygen atoms in total.